The third kappa shape index (κ3) is 6.04. The molecule has 3 heteroatoms. The smallest absolute Gasteiger partial charge is 0.179 e. The Balaban J connectivity index is 1.09. The molecule has 2 aliphatic carbocycles. The highest BCUT2D eigenvalue weighted by Gasteiger charge is 2.51. The van der Waals surface area contributed by atoms with Crippen molar-refractivity contribution in [3.05, 3.63) is 259 Å². The van der Waals surface area contributed by atoms with Gasteiger partial charge in [0.1, 0.15) is 17.0 Å². The second-order valence-corrected chi connectivity index (χ2v) is 16.2. The molecule has 0 amide bonds. The second kappa shape index (κ2) is 15.4. The van der Waals surface area contributed by atoms with Crippen molar-refractivity contribution < 1.29 is 4.42 Å². The molecule has 0 radical (unpaired) electrons. The Morgan fingerprint density at radius 2 is 1.03 bits per heavy atom. The molecular weight excluding hydrogens is 765 g/mol. The van der Waals surface area contributed by atoms with Crippen molar-refractivity contribution in [2.75, 3.05) is 0 Å². The summed E-state index contributed by atoms with van der Waals surface area (Å²) >= 11 is 0. The molecule has 0 atom stereocenters. The molecule has 0 fully saturated rings. The van der Waals surface area contributed by atoms with Crippen LogP contribution in [-0.2, 0) is 12.0 Å². The quantitative estimate of drug-likeness (QED) is 0.100. The zero-order valence-corrected chi connectivity index (χ0v) is 34.8. The van der Waals surface area contributed by atoms with E-state index in [0.29, 0.717) is 29.3 Å². The second-order valence-electron chi connectivity index (χ2n) is 16.2. The van der Waals surface area contributed by atoms with Gasteiger partial charge in [-0.3, -0.25) is 9.98 Å². The average Bonchev–Trinajstić information content (AvgIpc) is 3.97. The monoisotopic (exact) mass is 806 g/mol. The minimum Gasteiger partial charge on any atom is -0.452 e. The molecule has 1 aromatic heterocycles. The van der Waals surface area contributed by atoms with Gasteiger partial charge in [0.25, 0.3) is 0 Å². The number of aliphatic imine (C=N–C) groups is 2. The van der Waals surface area contributed by atoms with Crippen LogP contribution in [0.4, 0.5) is 5.69 Å². The lowest BCUT2D eigenvalue weighted by Crippen LogP contribution is -2.25. The van der Waals surface area contributed by atoms with Gasteiger partial charge < -0.3 is 4.42 Å². The minimum atomic E-state index is -0.428. The first-order chi connectivity index (χ1) is 31.1. The van der Waals surface area contributed by atoms with E-state index < -0.39 is 5.41 Å². The Labute approximate surface area is 368 Å². The molecular formula is C60H42N2O. The number of nitrogens with zero attached hydrogens (tertiary/aromatic N) is 2. The number of fused-ring (bicyclic) bond motifs is 11. The molecule has 1 spiro atoms. The Bertz CT molecular complexity index is 3300. The van der Waals surface area contributed by atoms with Crippen LogP contribution >= 0.6 is 0 Å². The lowest BCUT2D eigenvalue weighted by Gasteiger charge is -2.30. The predicted molar refractivity (Wildman–Crippen MR) is 263 cm³/mol. The molecule has 9 aromatic rings. The number of rotatable bonds is 10. The number of allylic oxidation sites excluding steroid dienone is 4. The molecule has 0 N–H and O–H groups in total. The summed E-state index contributed by atoms with van der Waals surface area (Å²) in [7, 11) is 0. The summed E-state index contributed by atoms with van der Waals surface area (Å²) < 4.78 is 6.62. The number of furan rings is 1. The van der Waals surface area contributed by atoms with Crippen LogP contribution in [0.5, 0.6) is 0 Å². The molecule has 8 aromatic carbocycles. The van der Waals surface area contributed by atoms with Crippen molar-refractivity contribution in [2.24, 2.45) is 9.98 Å². The first-order valence-electron chi connectivity index (χ1n) is 21.3. The van der Waals surface area contributed by atoms with E-state index in [9.17, 15) is 0 Å². The number of benzene rings is 8. The maximum Gasteiger partial charge on any atom is 0.179 e. The van der Waals surface area contributed by atoms with Gasteiger partial charge in [-0.05, 0) is 127 Å². The predicted octanol–water partition coefficient (Wildman–Crippen LogP) is 15.4. The van der Waals surface area contributed by atoms with Gasteiger partial charge >= 0.3 is 0 Å². The molecule has 2 aliphatic rings. The highest BCUT2D eigenvalue weighted by Crippen LogP contribution is 2.63. The molecule has 0 aliphatic heterocycles. The zero-order chi connectivity index (χ0) is 42.5. The van der Waals surface area contributed by atoms with E-state index in [2.05, 4.69) is 189 Å². The third-order valence-electron chi connectivity index (χ3n) is 12.8. The Kier molecular flexibility index (Phi) is 9.25. The fraction of sp³-hybridized carbons (Fsp3) is 0.0333. The van der Waals surface area contributed by atoms with E-state index in [0.717, 1.165) is 49.9 Å². The van der Waals surface area contributed by atoms with Crippen LogP contribution in [0.1, 0.15) is 33.6 Å². The van der Waals surface area contributed by atoms with Crippen LogP contribution in [-0.4, -0.2) is 12.4 Å². The molecule has 0 bridgehead atoms. The van der Waals surface area contributed by atoms with Crippen molar-refractivity contribution in [1.82, 2.24) is 0 Å². The van der Waals surface area contributed by atoms with Crippen molar-refractivity contribution in [3.8, 4) is 55.6 Å². The Hall–Kier alpha value is -8.14. The van der Waals surface area contributed by atoms with Crippen molar-refractivity contribution in [1.29, 1.82) is 0 Å². The van der Waals surface area contributed by atoms with Gasteiger partial charge in [0, 0.05) is 11.0 Å². The van der Waals surface area contributed by atoms with E-state index in [1.54, 1.807) is 12.2 Å². The van der Waals surface area contributed by atoms with Crippen LogP contribution in [0, 0.1) is 0 Å². The highest BCUT2D eigenvalue weighted by atomic mass is 16.3. The van der Waals surface area contributed by atoms with E-state index >= 15 is 0 Å². The fourth-order valence-electron chi connectivity index (χ4n) is 10.0. The maximum atomic E-state index is 6.62. The maximum absolute atomic E-state index is 6.62. The fourth-order valence-corrected chi connectivity index (χ4v) is 10.0. The van der Waals surface area contributed by atoms with Crippen LogP contribution < -0.4 is 0 Å². The lowest BCUT2D eigenvalue weighted by molar-refractivity contribution is 0.605. The van der Waals surface area contributed by atoms with Gasteiger partial charge in [-0.1, -0.05) is 183 Å². The van der Waals surface area contributed by atoms with E-state index in [-0.39, 0.29) is 0 Å². The summed E-state index contributed by atoms with van der Waals surface area (Å²) in [5.74, 6) is 0.544. The van der Waals surface area contributed by atoms with Crippen LogP contribution in [0.25, 0.3) is 66.6 Å². The largest absolute Gasteiger partial charge is 0.452 e. The summed E-state index contributed by atoms with van der Waals surface area (Å²) in [6.07, 6.45) is 5.40. The molecule has 298 valence electrons. The molecule has 63 heavy (non-hydrogen) atoms. The van der Waals surface area contributed by atoms with E-state index in [4.69, 9.17) is 9.41 Å². The molecule has 0 saturated carbocycles. The van der Waals surface area contributed by atoms with Gasteiger partial charge in [0.2, 0.25) is 0 Å². The number of hydrogen-bond acceptors (Lipinski definition) is 3. The Morgan fingerprint density at radius 3 is 1.62 bits per heavy atom. The summed E-state index contributed by atoms with van der Waals surface area (Å²) in [5.41, 5.74) is 20.6. The topological polar surface area (TPSA) is 37.9 Å². The molecule has 1 heterocycles. The molecule has 11 rings (SSSR count). The summed E-state index contributed by atoms with van der Waals surface area (Å²) in [6.45, 7) is 12.5. The molecule has 3 nitrogen and oxygen atoms in total. The third-order valence-corrected chi connectivity index (χ3v) is 12.8. The van der Waals surface area contributed by atoms with Gasteiger partial charge in [-0.2, -0.15) is 0 Å². The standard InChI is InChI=1S/C60H42N2O/c1-4-18-40(5-2)57(62-38-39-19-8-6-9-20-39)59-58(61-3)51-36-42(30-32-56(51)63-59)45-33-44(41-21-10-7-11-22-41)34-46(35-45)43-29-31-50-49-25-14-17-28-54(49)60(55(50)37-43)52-26-15-12-23-47(52)48-24-13-16-27-53(48)60/h4-37H,1-3,38H2/b40-18+,62-57?. The van der Waals surface area contributed by atoms with Gasteiger partial charge in [-0.15, -0.1) is 0 Å². The zero-order valence-electron chi connectivity index (χ0n) is 34.8. The van der Waals surface area contributed by atoms with Crippen molar-refractivity contribution in [2.45, 2.75) is 12.0 Å². The average molecular weight is 807 g/mol. The lowest BCUT2D eigenvalue weighted by atomic mass is 9.70. The van der Waals surface area contributed by atoms with Crippen LogP contribution in [0.15, 0.2) is 239 Å². The summed E-state index contributed by atoms with van der Waals surface area (Å²) in [5, 5.41) is 0.856. The van der Waals surface area contributed by atoms with Crippen molar-refractivity contribution in [3.63, 3.8) is 0 Å². The molecule has 0 unspecified atom stereocenters. The van der Waals surface area contributed by atoms with Crippen LogP contribution in [0.3, 0.4) is 0 Å². The first-order valence-corrected chi connectivity index (χ1v) is 21.3. The SMILES string of the molecule is C=C/C=C(\C=C)C(=NCc1ccccc1)c1oc2ccc(-c3cc(-c4ccccc4)cc(-c4ccc5c(c4)C4(c6ccccc6-c6ccccc64)c4ccccc4-5)c3)cc2c1N=C. The summed E-state index contributed by atoms with van der Waals surface area (Å²) in [6, 6.07) is 68.0. The van der Waals surface area contributed by atoms with Crippen LogP contribution in [0.2, 0.25) is 0 Å². The summed E-state index contributed by atoms with van der Waals surface area (Å²) in [4.78, 5) is 9.65. The molecule has 0 saturated heterocycles. The minimum absolute atomic E-state index is 0.428. The normalized spacial score (nSPS) is 13.3. The highest BCUT2D eigenvalue weighted by molar-refractivity contribution is 6.19. The van der Waals surface area contributed by atoms with E-state index in [1.165, 1.54) is 44.5 Å². The first kappa shape index (κ1) is 37.8. The number of hydrogen-bond donors (Lipinski definition) is 0. The van der Waals surface area contributed by atoms with Gasteiger partial charge in [0.05, 0.1) is 12.0 Å². The van der Waals surface area contributed by atoms with Gasteiger partial charge in [0.15, 0.2) is 5.76 Å². The van der Waals surface area contributed by atoms with Gasteiger partial charge in [-0.25, -0.2) is 0 Å². The van der Waals surface area contributed by atoms with Crippen molar-refractivity contribution >= 4 is 29.1 Å². The van der Waals surface area contributed by atoms with E-state index in [1.807, 2.05) is 30.3 Å². The Morgan fingerprint density at radius 1 is 0.508 bits per heavy atom.